The van der Waals surface area contributed by atoms with E-state index in [-0.39, 0.29) is 37.3 Å². The van der Waals surface area contributed by atoms with E-state index < -0.39 is 6.16 Å². The number of ether oxygens (including phenoxy) is 3. The number of anilines is 1. The Morgan fingerprint density at radius 3 is 2.32 bits per heavy atom. The standard InChI is InChI=1S/C25H23ClN2O6/c1-2-32-25(31)34-22-10-6-18(7-11-22)24(30)27-15-17-4-3-5-20(14-17)28-23(29)16-33-21-12-8-19(26)9-13-21/h3-14H,2,15-16H2,1H3,(H,27,30)(H,28,29). The van der Waals surface area contributed by atoms with Crippen LogP contribution in [0.4, 0.5) is 10.5 Å². The fraction of sp³-hybridized carbons (Fsp3) is 0.160. The van der Waals surface area contributed by atoms with E-state index in [0.717, 1.165) is 5.56 Å². The van der Waals surface area contributed by atoms with E-state index in [4.69, 9.17) is 25.8 Å². The van der Waals surface area contributed by atoms with Crippen LogP contribution in [0.25, 0.3) is 0 Å². The van der Waals surface area contributed by atoms with Crippen molar-refractivity contribution in [3.8, 4) is 11.5 Å². The smallest absolute Gasteiger partial charge is 0.484 e. The summed E-state index contributed by atoms with van der Waals surface area (Å²) >= 11 is 5.83. The van der Waals surface area contributed by atoms with Gasteiger partial charge in [-0.05, 0) is 73.2 Å². The molecule has 0 spiro atoms. The molecular formula is C25H23ClN2O6. The maximum Gasteiger partial charge on any atom is 0.513 e. The molecule has 0 fully saturated rings. The second-order valence-electron chi connectivity index (χ2n) is 6.98. The molecule has 3 rings (SSSR count). The minimum Gasteiger partial charge on any atom is -0.484 e. The zero-order valence-electron chi connectivity index (χ0n) is 18.4. The van der Waals surface area contributed by atoms with Crippen molar-refractivity contribution in [1.29, 1.82) is 0 Å². The fourth-order valence-corrected chi connectivity index (χ4v) is 2.96. The molecule has 2 amide bonds. The molecule has 0 radical (unpaired) electrons. The maximum atomic E-state index is 12.4. The lowest BCUT2D eigenvalue weighted by Gasteiger charge is -2.10. The van der Waals surface area contributed by atoms with E-state index in [1.807, 2.05) is 6.07 Å². The van der Waals surface area contributed by atoms with Gasteiger partial charge in [-0.1, -0.05) is 23.7 Å². The molecule has 3 aromatic rings. The number of hydrogen-bond donors (Lipinski definition) is 2. The highest BCUT2D eigenvalue weighted by Crippen LogP contribution is 2.16. The molecule has 0 aliphatic heterocycles. The topological polar surface area (TPSA) is 103 Å². The summed E-state index contributed by atoms with van der Waals surface area (Å²) in [6.45, 7) is 1.99. The number of amides is 2. The molecular weight excluding hydrogens is 460 g/mol. The van der Waals surface area contributed by atoms with Crippen LogP contribution in [-0.2, 0) is 16.1 Å². The van der Waals surface area contributed by atoms with Crippen molar-refractivity contribution < 1.29 is 28.6 Å². The first-order valence-electron chi connectivity index (χ1n) is 10.4. The molecule has 0 heterocycles. The first-order chi connectivity index (χ1) is 16.4. The number of carbonyl (C=O) groups excluding carboxylic acids is 3. The third-order valence-electron chi connectivity index (χ3n) is 4.43. The first-order valence-corrected chi connectivity index (χ1v) is 10.8. The van der Waals surface area contributed by atoms with Crippen LogP contribution in [-0.4, -0.2) is 31.2 Å². The normalized spacial score (nSPS) is 10.2. The van der Waals surface area contributed by atoms with E-state index in [9.17, 15) is 14.4 Å². The van der Waals surface area contributed by atoms with Gasteiger partial charge in [-0.25, -0.2) is 4.79 Å². The monoisotopic (exact) mass is 482 g/mol. The van der Waals surface area contributed by atoms with Crippen LogP contribution >= 0.6 is 11.6 Å². The van der Waals surface area contributed by atoms with Gasteiger partial charge in [-0.3, -0.25) is 9.59 Å². The van der Waals surface area contributed by atoms with Crippen molar-refractivity contribution in [3.63, 3.8) is 0 Å². The summed E-state index contributed by atoms with van der Waals surface area (Å²) in [5.74, 6) is 0.199. The zero-order chi connectivity index (χ0) is 24.3. The van der Waals surface area contributed by atoms with Crippen LogP contribution in [0.2, 0.25) is 5.02 Å². The SMILES string of the molecule is CCOC(=O)Oc1ccc(C(=O)NCc2cccc(NC(=O)COc3ccc(Cl)cc3)c2)cc1. The van der Waals surface area contributed by atoms with Crippen molar-refractivity contribution >= 4 is 35.3 Å². The van der Waals surface area contributed by atoms with Crippen molar-refractivity contribution in [2.24, 2.45) is 0 Å². The van der Waals surface area contributed by atoms with Gasteiger partial charge >= 0.3 is 6.16 Å². The van der Waals surface area contributed by atoms with E-state index in [0.29, 0.717) is 22.0 Å². The van der Waals surface area contributed by atoms with Gasteiger partial charge in [0.25, 0.3) is 11.8 Å². The van der Waals surface area contributed by atoms with E-state index in [1.165, 1.54) is 12.1 Å². The highest BCUT2D eigenvalue weighted by Gasteiger charge is 2.09. The lowest BCUT2D eigenvalue weighted by molar-refractivity contribution is -0.118. The number of rotatable bonds is 9. The van der Waals surface area contributed by atoms with Gasteiger partial charge in [0.2, 0.25) is 0 Å². The minimum absolute atomic E-state index is 0.154. The second-order valence-corrected chi connectivity index (χ2v) is 7.42. The number of carbonyl (C=O) groups is 3. The molecule has 0 unspecified atom stereocenters. The maximum absolute atomic E-state index is 12.4. The molecule has 176 valence electrons. The Morgan fingerprint density at radius 2 is 1.62 bits per heavy atom. The van der Waals surface area contributed by atoms with Crippen LogP contribution in [0, 0.1) is 0 Å². The summed E-state index contributed by atoms with van der Waals surface area (Å²) in [7, 11) is 0. The zero-order valence-corrected chi connectivity index (χ0v) is 19.1. The second kappa shape index (κ2) is 12.3. The molecule has 8 nitrogen and oxygen atoms in total. The predicted octanol–water partition coefficient (Wildman–Crippen LogP) is 4.82. The lowest BCUT2D eigenvalue weighted by atomic mass is 10.1. The summed E-state index contributed by atoms with van der Waals surface area (Å²) < 4.78 is 15.1. The summed E-state index contributed by atoms with van der Waals surface area (Å²) in [5.41, 5.74) is 1.78. The third kappa shape index (κ3) is 7.83. The van der Waals surface area contributed by atoms with Crippen LogP contribution in [0.5, 0.6) is 11.5 Å². The Balaban J connectivity index is 1.48. The number of hydrogen-bond acceptors (Lipinski definition) is 6. The van der Waals surface area contributed by atoms with Crippen molar-refractivity contribution in [3.05, 3.63) is 88.9 Å². The Hall–Kier alpha value is -4.04. The molecule has 34 heavy (non-hydrogen) atoms. The van der Waals surface area contributed by atoms with Gasteiger partial charge < -0.3 is 24.8 Å². The Bertz CT molecular complexity index is 1130. The quantitative estimate of drug-likeness (QED) is 0.335. The average molecular weight is 483 g/mol. The van der Waals surface area contributed by atoms with Crippen LogP contribution < -0.4 is 20.1 Å². The number of halogens is 1. The van der Waals surface area contributed by atoms with Gasteiger partial charge in [-0.2, -0.15) is 0 Å². The molecule has 0 saturated heterocycles. The lowest BCUT2D eigenvalue weighted by Crippen LogP contribution is -2.23. The van der Waals surface area contributed by atoms with E-state index in [2.05, 4.69) is 10.6 Å². The number of nitrogens with one attached hydrogen (secondary N) is 2. The Morgan fingerprint density at radius 1 is 0.912 bits per heavy atom. The molecule has 3 aromatic carbocycles. The van der Waals surface area contributed by atoms with Crippen LogP contribution in [0.1, 0.15) is 22.8 Å². The average Bonchev–Trinajstić information content (AvgIpc) is 2.83. The molecule has 0 aliphatic carbocycles. The summed E-state index contributed by atoms with van der Waals surface area (Å²) in [6.07, 6.45) is -0.803. The molecule has 0 saturated carbocycles. The van der Waals surface area contributed by atoms with Crippen molar-refractivity contribution in [2.45, 2.75) is 13.5 Å². The highest BCUT2D eigenvalue weighted by molar-refractivity contribution is 6.30. The van der Waals surface area contributed by atoms with Gasteiger partial charge in [-0.15, -0.1) is 0 Å². The third-order valence-corrected chi connectivity index (χ3v) is 4.68. The summed E-state index contributed by atoms with van der Waals surface area (Å²) in [6, 6.07) is 19.9. The predicted molar refractivity (Wildman–Crippen MR) is 127 cm³/mol. The van der Waals surface area contributed by atoms with E-state index >= 15 is 0 Å². The molecule has 0 aliphatic rings. The van der Waals surface area contributed by atoms with Gasteiger partial charge in [0.05, 0.1) is 6.61 Å². The van der Waals surface area contributed by atoms with Gasteiger partial charge in [0.15, 0.2) is 6.61 Å². The minimum atomic E-state index is -0.803. The highest BCUT2D eigenvalue weighted by atomic mass is 35.5. The summed E-state index contributed by atoms with van der Waals surface area (Å²) in [5, 5.41) is 6.15. The number of benzene rings is 3. The molecule has 0 aromatic heterocycles. The van der Waals surface area contributed by atoms with Crippen LogP contribution in [0.3, 0.4) is 0 Å². The summed E-state index contributed by atoms with van der Waals surface area (Å²) in [4.78, 5) is 35.9. The molecule has 2 N–H and O–H groups in total. The van der Waals surface area contributed by atoms with Gasteiger partial charge in [0, 0.05) is 22.8 Å². The molecule has 0 bridgehead atoms. The van der Waals surface area contributed by atoms with Gasteiger partial charge in [0.1, 0.15) is 11.5 Å². The van der Waals surface area contributed by atoms with Crippen LogP contribution in [0.15, 0.2) is 72.8 Å². The van der Waals surface area contributed by atoms with Crippen molar-refractivity contribution in [2.75, 3.05) is 18.5 Å². The van der Waals surface area contributed by atoms with Crippen molar-refractivity contribution in [1.82, 2.24) is 5.32 Å². The first kappa shape index (κ1) is 24.6. The van der Waals surface area contributed by atoms with E-state index in [1.54, 1.807) is 61.5 Å². The molecule has 0 atom stereocenters. The largest absolute Gasteiger partial charge is 0.513 e. The fourth-order valence-electron chi connectivity index (χ4n) is 2.84. The molecule has 9 heteroatoms. The Labute approximate surface area is 201 Å². The Kier molecular flexibility index (Phi) is 8.88.